The molecular formula is C16H21N3O. The standard InChI is InChI=1S/C16H21N3O/c1-4-11(2)13-5-7-15(8-6-13)20-16-18-10-14(9-17)12(3)19-16/h5-8,10-11H,4,9,17H2,1-3H3. The zero-order chi connectivity index (χ0) is 14.5. The lowest BCUT2D eigenvalue weighted by molar-refractivity contribution is 0.439. The van der Waals surface area contributed by atoms with Gasteiger partial charge in [0.2, 0.25) is 0 Å². The molecule has 1 heterocycles. The minimum Gasteiger partial charge on any atom is -0.424 e. The highest BCUT2D eigenvalue weighted by molar-refractivity contribution is 5.31. The highest BCUT2D eigenvalue weighted by Crippen LogP contribution is 2.23. The molecule has 1 aromatic carbocycles. The molecular weight excluding hydrogens is 250 g/mol. The van der Waals surface area contributed by atoms with E-state index in [4.69, 9.17) is 10.5 Å². The minimum absolute atomic E-state index is 0.357. The summed E-state index contributed by atoms with van der Waals surface area (Å²) in [6.07, 6.45) is 2.84. The van der Waals surface area contributed by atoms with Gasteiger partial charge in [-0.25, -0.2) is 4.98 Å². The summed E-state index contributed by atoms with van der Waals surface area (Å²) in [4.78, 5) is 8.47. The molecule has 2 N–H and O–H groups in total. The van der Waals surface area contributed by atoms with Crippen LogP contribution in [0.2, 0.25) is 0 Å². The first-order chi connectivity index (χ1) is 9.63. The zero-order valence-corrected chi connectivity index (χ0v) is 12.3. The second-order valence-corrected chi connectivity index (χ2v) is 4.95. The molecule has 1 unspecified atom stereocenters. The first-order valence-corrected chi connectivity index (χ1v) is 6.94. The van der Waals surface area contributed by atoms with Crippen LogP contribution in [0.1, 0.15) is 43.0 Å². The number of benzene rings is 1. The summed E-state index contributed by atoms with van der Waals surface area (Å²) in [7, 11) is 0. The SMILES string of the molecule is CCC(C)c1ccc(Oc2ncc(CN)c(C)n2)cc1. The van der Waals surface area contributed by atoms with E-state index in [2.05, 4.69) is 35.9 Å². The maximum absolute atomic E-state index is 5.66. The summed E-state index contributed by atoms with van der Waals surface area (Å²) < 4.78 is 5.66. The lowest BCUT2D eigenvalue weighted by atomic mass is 9.99. The van der Waals surface area contributed by atoms with Crippen molar-refractivity contribution in [3.05, 3.63) is 47.3 Å². The average molecular weight is 271 g/mol. The van der Waals surface area contributed by atoms with E-state index in [-0.39, 0.29) is 0 Å². The third-order valence-electron chi connectivity index (χ3n) is 3.55. The molecule has 106 valence electrons. The van der Waals surface area contributed by atoms with Crippen molar-refractivity contribution in [2.24, 2.45) is 5.73 Å². The number of ether oxygens (including phenoxy) is 1. The number of rotatable bonds is 5. The summed E-state index contributed by atoms with van der Waals surface area (Å²) in [6, 6.07) is 8.44. The molecule has 0 aliphatic heterocycles. The van der Waals surface area contributed by atoms with E-state index in [9.17, 15) is 0 Å². The van der Waals surface area contributed by atoms with Gasteiger partial charge in [0.25, 0.3) is 0 Å². The number of aromatic nitrogens is 2. The fourth-order valence-electron chi connectivity index (χ4n) is 1.93. The molecule has 0 saturated carbocycles. The van der Waals surface area contributed by atoms with Gasteiger partial charge >= 0.3 is 6.01 Å². The van der Waals surface area contributed by atoms with Crippen LogP contribution in [0.4, 0.5) is 0 Å². The summed E-state index contributed by atoms with van der Waals surface area (Å²) in [6.45, 7) is 6.75. The molecule has 0 spiro atoms. The molecule has 1 atom stereocenters. The molecule has 2 aromatic rings. The van der Waals surface area contributed by atoms with Gasteiger partial charge in [0.1, 0.15) is 5.75 Å². The van der Waals surface area contributed by atoms with Gasteiger partial charge in [-0.05, 0) is 37.0 Å². The van der Waals surface area contributed by atoms with Crippen molar-refractivity contribution in [1.82, 2.24) is 9.97 Å². The van der Waals surface area contributed by atoms with Crippen LogP contribution < -0.4 is 10.5 Å². The Hall–Kier alpha value is -1.94. The van der Waals surface area contributed by atoms with Gasteiger partial charge < -0.3 is 10.5 Å². The molecule has 0 radical (unpaired) electrons. The average Bonchev–Trinajstić information content (AvgIpc) is 2.47. The van der Waals surface area contributed by atoms with Crippen LogP contribution in [0.5, 0.6) is 11.8 Å². The Bertz CT molecular complexity index is 566. The lowest BCUT2D eigenvalue weighted by Gasteiger charge is -2.10. The summed E-state index contributed by atoms with van der Waals surface area (Å²) in [5.74, 6) is 1.31. The topological polar surface area (TPSA) is 61.0 Å². The monoisotopic (exact) mass is 271 g/mol. The predicted octanol–water partition coefficient (Wildman–Crippen LogP) is 3.55. The quantitative estimate of drug-likeness (QED) is 0.903. The van der Waals surface area contributed by atoms with E-state index < -0.39 is 0 Å². The van der Waals surface area contributed by atoms with E-state index >= 15 is 0 Å². The molecule has 1 aromatic heterocycles. The van der Waals surface area contributed by atoms with Crippen LogP contribution in [0.25, 0.3) is 0 Å². The summed E-state index contributed by atoms with van der Waals surface area (Å²) in [5.41, 5.74) is 8.70. The first-order valence-electron chi connectivity index (χ1n) is 6.94. The van der Waals surface area contributed by atoms with Crippen LogP contribution in [-0.4, -0.2) is 9.97 Å². The minimum atomic E-state index is 0.357. The predicted molar refractivity (Wildman–Crippen MR) is 79.9 cm³/mol. The molecule has 2 rings (SSSR count). The smallest absolute Gasteiger partial charge is 0.322 e. The molecule has 0 aliphatic rings. The maximum atomic E-state index is 5.66. The highest BCUT2D eigenvalue weighted by Gasteiger charge is 2.06. The third kappa shape index (κ3) is 3.33. The Labute approximate surface area is 120 Å². The second kappa shape index (κ2) is 6.48. The molecule has 4 heteroatoms. The van der Waals surface area contributed by atoms with Crippen molar-refractivity contribution in [3.8, 4) is 11.8 Å². The lowest BCUT2D eigenvalue weighted by Crippen LogP contribution is -2.03. The molecule has 0 amide bonds. The third-order valence-corrected chi connectivity index (χ3v) is 3.55. The van der Waals surface area contributed by atoms with Gasteiger partial charge in [0.15, 0.2) is 0 Å². The van der Waals surface area contributed by atoms with E-state index in [1.54, 1.807) is 6.20 Å². The fraction of sp³-hybridized carbons (Fsp3) is 0.375. The Morgan fingerprint density at radius 2 is 1.95 bits per heavy atom. The fourth-order valence-corrected chi connectivity index (χ4v) is 1.93. The first kappa shape index (κ1) is 14.5. The molecule has 4 nitrogen and oxygen atoms in total. The van der Waals surface area contributed by atoms with Gasteiger partial charge in [-0.3, -0.25) is 0 Å². The van der Waals surface area contributed by atoms with Crippen LogP contribution in [0, 0.1) is 6.92 Å². The highest BCUT2D eigenvalue weighted by atomic mass is 16.5. The molecule has 20 heavy (non-hydrogen) atoms. The van der Waals surface area contributed by atoms with E-state index in [1.807, 2.05) is 19.1 Å². The molecule has 0 saturated heterocycles. The van der Waals surface area contributed by atoms with Gasteiger partial charge in [0.05, 0.1) is 0 Å². The van der Waals surface area contributed by atoms with Crippen LogP contribution in [0.3, 0.4) is 0 Å². The van der Waals surface area contributed by atoms with Gasteiger partial charge in [-0.1, -0.05) is 26.0 Å². The van der Waals surface area contributed by atoms with Crippen molar-refractivity contribution in [3.63, 3.8) is 0 Å². The number of nitrogens with two attached hydrogens (primary N) is 1. The number of aryl methyl sites for hydroxylation is 1. The Kier molecular flexibility index (Phi) is 4.69. The number of nitrogens with zero attached hydrogens (tertiary/aromatic N) is 2. The van der Waals surface area contributed by atoms with Crippen molar-refractivity contribution in [2.45, 2.75) is 39.7 Å². The van der Waals surface area contributed by atoms with Crippen molar-refractivity contribution < 1.29 is 4.74 Å². The van der Waals surface area contributed by atoms with Crippen LogP contribution >= 0.6 is 0 Å². The summed E-state index contributed by atoms with van der Waals surface area (Å²) >= 11 is 0. The second-order valence-electron chi connectivity index (χ2n) is 4.95. The van der Waals surface area contributed by atoms with E-state index in [0.29, 0.717) is 18.5 Å². The van der Waals surface area contributed by atoms with Gasteiger partial charge in [-0.15, -0.1) is 0 Å². The molecule has 0 aliphatic carbocycles. The zero-order valence-electron chi connectivity index (χ0n) is 12.3. The van der Waals surface area contributed by atoms with Crippen LogP contribution in [0.15, 0.2) is 30.5 Å². The molecule has 0 bridgehead atoms. The van der Waals surface area contributed by atoms with Gasteiger partial charge in [-0.2, -0.15) is 4.98 Å². The van der Waals surface area contributed by atoms with Crippen molar-refractivity contribution >= 4 is 0 Å². The number of hydrogen-bond donors (Lipinski definition) is 1. The van der Waals surface area contributed by atoms with Crippen LogP contribution in [-0.2, 0) is 6.54 Å². The Balaban J connectivity index is 2.12. The Morgan fingerprint density at radius 1 is 1.25 bits per heavy atom. The summed E-state index contributed by atoms with van der Waals surface area (Å²) in [5, 5.41) is 0. The van der Waals surface area contributed by atoms with E-state index in [1.165, 1.54) is 5.56 Å². The van der Waals surface area contributed by atoms with Gasteiger partial charge in [0, 0.05) is 24.0 Å². The number of hydrogen-bond acceptors (Lipinski definition) is 4. The largest absolute Gasteiger partial charge is 0.424 e. The normalized spacial score (nSPS) is 12.2. The van der Waals surface area contributed by atoms with E-state index in [0.717, 1.165) is 23.4 Å². The molecule has 0 fully saturated rings. The maximum Gasteiger partial charge on any atom is 0.322 e. The van der Waals surface area contributed by atoms with Crippen molar-refractivity contribution in [2.75, 3.05) is 0 Å². The van der Waals surface area contributed by atoms with Crippen molar-refractivity contribution in [1.29, 1.82) is 0 Å². The Morgan fingerprint density at radius 3 is 2.50 bits per heavy atom.